The minimum atomic E-state index is -1.30. The van der Waals surface area contributed by atoms with Crippen LogP contribution in [0.3, 0.4) is 0 Å². The maximum Gasteiger partial charge on any atom is 0.355 e. The van der Waals surface area contributed by atoms with Gasteiger partial charge < -0.3 is 26.2 Å². The lowest BCUT2D eigenvalue weighted by molar-refractivity contribution is 0.0691. The van der Waals surface area contributed by atoms with Gasteiger partial charge in [0.1, 0.15) is 11.4 Å². The van der Waals surface area contributed by atoms with Crippen LogP contribution < -0.4 is 21.1 Å². The van der Waals surface area contributed by atoms with Crippen LogP contribution in [0.2, 0.25) is 0 Å². The van der Waals surface area contributed by atoms with Gasteiger partial charge in [-0.2, -0.15) is 0 Å². The van der Waals surface area contributed by atoms with E-state index in [0.717, 1.165) is 53.7 Å². The predicted molar refractivity (Wildman–Crippen MR) is 168 cm³/mol. The van der Waals surface area contributed by atoms with Crippen molar-refractivity contribution in [3.8, 4) is 27.3 Å². The smallest absolute Gasteiger partial charge is 0.355 e. The summed E-state index contributed by atoms with van der Waals surface area (Å²) in [6, 6.07) is 15.9. The highest BCUT2D eigenvalue weighted by atomic mass is 32.1. The lowest BCUT2D eigenvalue weighted by Gasteiger charge is -2.27. The number of nitrogens with two attached hydrogens (primary N) is 1. The molecule has 9 nitrogen and oxygen atoms in total. The molecule has 2 amide bonds. The van der Waals surface area contributed by atoms with E-state index in [1.807, 2.05) is 17.5 Å². The number of fused-ring (bicyclic) bond motifs is 5. The Morgan fingerprint density at radius 1 is 1.00 bits per heavy atom. The second-order valence-electron chi connectivity index (χ2n) is 11.9. The van der Waals surface area contributed by atoms with Crippen molar-refractivity contribution in [3.05, 3.63) is 88.1 Å². The molecule has 3 aliphatic rings. The lowest BCUT2D eigenvalue weighted by Crippen LogP contribution is -2.45. The van der Waals surface area contributed by atoms with Crippen LogP contribution in [0.5, 0.6) is 5.75 Å². The van der Waals surface area contributed by atoms with Crippen LogP contribution in [-0.4, -0.2) is 40.0 Å². The lowest BCUT2D eigenvalue weighted by atomic mass is 9.93. The summed E-state index contributed by atoms with van der Waals surface area (Å²) in [5.74, 6) is -0.894. The molecule has 2 aromatic heterocycles. The van der Waals surface area contributed by atoms with E-state index in [1.54, 1.807) is 41.7 Å². The number of carboxylic acid groups (broad SMARTS) is 1. The quantitative estimate of drug-likeness (QED) is 0.205. The highest BCUT2D eigenvalue weighted by molar-refractivity contribution is 7.13. The molecule has 1 aliphatic heterocycles. The standard InChI is InChI=1S/C34H32N4O5S/c35-18-20-1-3-22(4-2-20)36-31(39)25-15-26-28(43-13-9-21-10-14-44-30(21)26)16-24(25)23-5-6-27(37-29(23)33(41)42)32(40)38-34-11-7-19(17-34)8-12-34/h1-6,10,14-16,19H,7-9,11-13,17-18,35H2,(H,36,39)(H,38,40)(H,41,42). The van der Waals surface area contributed by atoms with E-state index in [1.165, 1.54) is 6.07 Å². The molecule has 0 saturated heterocycles. The Bertz CT molecular complexity index is 1790. The first-order chi connectivity index (χ1) is 21.3. The molecule has 2 saturated carbocycles. The molecule has 2 bridgehead atoms. The molecule has 10 heteroatoms. The van der Waals surface area contributed by atoms with E-state index in [0.29, 0.717) is 42.5 Å². The van der Waals surface area contributed by atoms with E-state index in [2.05, 4.69) is 21.7 Å². The second kappa shape index (κ2) is 11.2. The second-order valence-corrected chi connectivity index (χ2v) is 12.8. The molecular weight excluding hydrogens is 576 g/mol. The summed E-state index contributed by atoms with van der Waals surface area (Å²) in [4.78, 5) is 45.2. The molecule has 5 N–H and O–H groups in total. The van der Waals surface area contributed by atoms with Gasteiger partial charge in [-0.15, -0.1) is 11.3 Å². The van der Waals surface area contributed by atoms with E-state index in [4.69, 9.17) is 10.5 Å². The fourth-order valence-corrected chi connectivity index (χ4v) is 7.86. The van der Waals surface area contributed by atoms with Crippen LogP contribution in [0.15, 0.2) is 60.0 Å². The summed E-state index contributed by atoms with van der Waals surface area (Å²) in [7, 11) is 0. The molecule has 0 unspecified atom stereocenters. The number of carbonyl (C=O) groups is 3. The number of aromatic carboxylic acids is 1. The zero-order valence-electron chi connectivity index (χ0n) is 24.0. The Labute approximate surface area is 258 Å². The molecule has 44 heavy (non-hydrogen) atoms. The summed E-state index contributed by atoms with van der Waals surface area (Å²) >= 11 is 1.57. The molecule has 0 atom stereocenters. The van der Waals surface area contributed by atoms with Crippen LogP contribution in [0.1, 0.15) is 74.6 Å². The van der Waals surface area contributed by atoms with Crippen molar-refractivity contribution < 1.29 is 24.2 Å². The summed E-state index contributed by atoms with van der Waals surface area (Å²) in [5, 5.41) is 18.4. The van der Waals surface area contributed by atoms with Gasteiger partial charge in [0, 0.05) is 51.3 Å². The van der Waals surface area contributed by atoms with Crippen molar-refractivity contribution >= 4 is 34.8 Å². The summed E-state index contributed by atoms with van der Waals surface area (Å²) in [6.45, 7) is 0.827. The van der Waals surface area contributed by atoms with Crippen molar-refractivity contribution in [2.75, 3.05) is 11.9 Å². The van der Waals surface area contributed by atoms with Crippen molar-refractivity contribution in [3.63, 3.8) is 0 Å². The molecule has 2 fully saturated rings. The number of nitrogens with zero attached hydrogens (tertiary/aromatic N) is 1. The largest absolute Gasteiger partial charge is 0.493 e. The number of ether oxygens (including phenoxy) is 1. The number of hydrogen-bond donors (Lipinski definition) is 4. The Hall–Kier alpha value is -4.54. The molecule has 7 rings (SSSR count). The van der Waals surface area contributed by atoms with E-state index in [9.17, 15) is 19.5 Å². The fourth-order valence-electron chi connectivity index (χ4n) is 6.89. The normalized spacial score (nSPS) is 19.8. The summed E-state index contributed by atoms with van der Waals surface area (Å²) in [5.41, 5.74) is 9.47. The zero-order chi connectivity index (χ0) is 30.4. The van der Waals surface area contributed by atoms with Crippen LogP contribution in [-0.2, 0) is 13.0 Å². The van der Waals surface area contributed by atoms with Crippen molar-refractivity contribution in [1.82, 2.24) is 10.3 Å². The maximum atomic E-state index is 13.9. The molecule has 224 valence electrons. The van der Waals surface area contributed by atoms with E-state index < -0.39 is 11.9 Å². The zero-order valence-corrected chi connectivity index (χ0v) is 24.8. The Balaban J connectivity index is 1.31. The number of pyridine rings is 1. The SMILES string of the molecule is NCc1ccc(NC(=O)c2cc3c(cc2-c2ccc(C(=O)NC45CCC(CC4)C5)nc2C(=O)O)OCCc2ccsc2-3)cc1. The Kier molecular flexibility index (Phi) is 7.18. The topological polar surface area (TPSA) is 144 Å². The van der Waals surface area contributed by atoms with Gasteiger partial charge in [0.2, 0.25) is 0 Å². The Morgan fingerprint density at radius 2 is 1.80 bits per heavy atom. The van der Waals surface area contributed by atoms with Gasteiger partial charge in [-0.3, -0.25) is 9.59 Å². The number of anilines is 1. The third kappa shape index (κ3) is 5.14. The number of carbonyl (C=O) groups excluding carboxylic acids is 2. The van der Waals surface area contributed by atoms with Gasteiger partial charge in [0.05, 0.1) is 6.61 Å². The highest BCUT2D eigenvalue weighted by Gasteiger charge is 2.46. The van der Waals surface area contributed by atoms with E-state index in [-0.39, 0.29) is 34.0 Å². The number of carboxylic acids is 1. The molecule has 4 aromatic rings. The molecule has 0 spiro atoms. The van der Waals surface area contributed by atoms with Crippen LogP contribution in [0.4, 0.5) is 5.69 Å². The van der Waals surface area contributed by atoms with E-state index >= 15 is 0 Å². The van der Waals surface area contributed by atoms with Gasteiger partial charge in [0.15, 0.2) is 5.69 Å². The van der Waals surface area contributed by atoms with Crippen LogP contribution >= 0.6 is 11.3 Å². The number of thiophene rings is 1. The molecule has 2 aliphatic carbocycles. The van der Waals surface area contributed by atoms with Crippen LogP contribution in [0, 0.1) is 5.92 Å². The number of hydrogen-bond acceptors (Lipinski definition) is 7. The molecular formula is C34H32N4O5S. The number of rotatable bonds is 7. The summed E-state index contributed by atoms with van der Waals surface area (Å²) < 4.78 is 6.13. The third-order valence-electron chi connectivity index (χ3n) is 9.17. The number of nitrogens with one attached hydrogen (secondary N) is 2. The van der Waals surface area contributed by atoms with Crippen molar-refractivity contribution in [1.29, 1.82) is 0 Å². The minimum absolute atomic E-state index is 0.0381. The van der Waals surface area contributed by atoms with Crippen molar-refractivity contribution in [2.24, 2.45) is 11.7 Å². The average Bonchev–Trinajstić information content (AvgIpc) is 3.75. The predicted octanol–water partition coefficient (Wildman–Crippen LogP) is 5.88. The highest BCUT2D eigenvalue weighted by Crippen LogP contribution is 2.48. The number of aromatic nitrogens is 1. The fraction of sp³-hybridized carbons (Fsp3) is 0.294. The van der Waals surface area contributed by atoms with Gasteiger partial charge in [-0.25, -0.2) is 9.78 Å². The number of amides is 2. The first kappa shape index (κ1) is 28.2. The molecule has 3 heterocycles. The van der Waals surface area contributed by atoms with Crippen LogP contribution in [0.25, 0.3) is 21.6 Å². The maximum absolute atomic E-state index is 13.9. The van der Waals surface area contributed by atoms with Gasteiger partial charge in [-0.05, 0) is 97.0 Å². The van der Waals surface area contributed by atoms with Gasteiger partial charge in [-0.1, -0.05) is 12.1 Å². The molecule has 0 radical (unpaired) electrons. The monoisotopic (exact) mass is 608 g/mol. The number of benzene rings is 2. The molecule has 2 aromatic carbocycles. The van der Waals surface area contributed by atoms with Gasteiger partial charge >= 0.3 is 5.97 Å². The minimum Gasteiger partial charge on any atom is -0.493 e. The summed E-state index contributed by atoms with van der Waals surface area (Å²) in [6.07, 6.45) is 5.73. The Morgan fingerprint density at radius 3 is 2.50 bits per heavy atom. The third-order valence-corrected chi connectivity index (χ3v) is 10.2. The first-order valence-electron chi connectivity index (χ1n) is 14.9. The van der Waals surface area contributed by atoms with Gasteiger partial charge in [0.25, 0.3) is 11.8 Å². The average molecular weight is 609 g/mol. The van der Waals surface area contributed by atoms with Crippen molar-refractivity contribution in [2.45, 2.75) is 50.6 Å². The first-order valence-corrected chi connectivity index (χ1v) is 15.8.